The Labute approximate surface area is 216 Å². The molecule has 1 heterocycles. The molecule has 38 heavy (non-hydrogen) atoms. The van der Waals surface area contributed by atoms with Gasteiger partial charge in [0, 0.05) is 17.2 Å². The Bertz CT molecular complexity index is 1640. The van der Waals surface area contributed by atoms with E-state index in [-0.39, 0.29) is 34.9 Å². The van der Waals surface area contributed by atoms with Crippen molar-refractivity contribution < 1.29 is 31.1 Å². The molecule has 0 N–H and O–H groups in total. The standard InChI is InChI=1S/C31H25F5O2/c1-3-5-6-7-17-8-13-20(22(32)14-17)18-9-11-19(12-10-18)21-15-23-26(30(35)28(21)33)27-24(38-23)16-25(37-4-2)29(34)31(27)36/h8-16H,3-7H2,1-2H3. The van der Waals surface area contributed by atoms with Crippen LogP contribution in [0.15, 0.2) is 59.0 Å². The fraction of sp³-hybridized carbons (Fsp3) is 0.226. The number of ether oxygens (including phenoxy) is 1. The lowest BCUT2D eigenvalue weighted by molar-refractivity contribution is 0.315. The number of hydrogen-bond acceptors (Lipinski definition) is 2. The van der Waals surface area contributed by atoms with E-state index in [1.165, 1.54) is 12.1 Å². The van der Waals surface area contributed by atoms with Crippen molar-refractivity contribution in [3.8, 4) is 28.0 Å². The van der Waals surface area contributed by atoms with Crippen molar-refractivity contribution in [2.24, 2.45) is 0 Å². The zero-order chi connectivity index (χ0) is 27.0. The SMILES string of the molecule is CCCCCc1ccc(-c2ccc(-c3cc4oc5cc(OCC)c(F)c(F)c5c4c(F)c3F)cc2)c(F)c1. The fourth-order valence-electron chi connectivity index (χ4n) is 4.76. The number of furan rings is 1. The third kappa shape index (κ3) is 4.51. The summed E-state index contributed by atoms with van der Waals surface area (Å²) in [5, 5.41) is -0.980. The number of hydrogen-bond donors (Lipinski definition) is 0. The van der Waals surface area contributed by atoms with Gasteiger partial charge in [0.05, 0.1) is 17.4 Å². The highest BCUT2D eigenvalue weighted by Crippen LogP contribution is 2.40. The first-order valence-corrected chi connectivity index (χ1v) is 12.6. The maximum absolute atomic E-state index is 15.2. The van der Waals surface area contributed by atoms with Crippen molar-refractivity contribution in [2.45, 2.75) is 39.5 Å². The van der Waals surface area contributed by atoms with E-state index in [0.29, 0.717) is 16.7 Å². The molecule has 7 heteroatoms. The minimum absolute atomic E-state index is 0.0816. The predicted octanol–water partition coefficient (Wildman–Crippen LogP) is 9.75. The van der Waals surface area contributed by atoms with Gasteiger partial charge in [-0.3, -0.25) is 0 Å². The van der Waals surface area contributed by atoms with Crippen LogP contribution in [0.1, 0.15) is 38.7 Å². The van der Waals surface area contributed by atoms with E-state index in [4.69, 9.17) is 9.15 Å². The van der Waals surface area contributed by atoms with Crippen LogP contribution in [0.5, 0.6) is 5.75 Å². The van der Waals surface area contributed by atoms with Crippen molar-refractivity contribution in [2.75, 3.05) is 6.61 Å². The van der Waals surface area contributed by atoms with Crippen LogP contribution in [0.2, 0.25) is 0 Å². The van der Waals surface area contributed by atoms with Crippen LogP contribution < -0.4 is 4.74 Å². The lowest BCUT2D eigenvalue weighted by Gasteiger charge is -2.09. The average molecular weight is 525 g/mol. The number of fused-ring (bicyclic) bond motifs is 3. The minimum Gasteiger partial charge on any atom is -0.491 e. The first-order valence-electron chi connectivity index (χ1n) is 12.6. The van der Waals surface area contributed by atoms with E-state index in [0.717, 1.165) is 37.3 Å². The van der Waals surface area contributed by atoms with E-state index in [9.17, 15) is 13.2 Å². The molecule has 4 aromatic carbocycles. The monoisotopic (exact) mass is 524 g/mol. The van der Waals surface area contributed by atoms with E-state index in [2.05, 4.69) is 6.92 Å². The Balaban J connectivity index is 1.52. The molecule has 2 nitrogen and oxygen atoms in total. The highest BCUT2D eigenvalue weighted by atomic mass is 19.2. The van der Waals surface area contributed by atoms with E-state index in [1.807, 2.05) is 6.07 Å². The highest BCUT2D eigenvalue weighted by molar-refractivity contribution is 6.07. The fourth-order valence-corrected chi connectivity index (χ4v) is 4.76. The molecule has 1 aromatic heterocycles. The Hall–Kier alpha value is -3.87. The van der Waals surface area contributed by atoms with Crippen LogP contribution in [-0.4, -0.2) is 6.61 Å². The van der Waals surface area contributed by atoms with Gasteiger partial charge in [-0.2, -0.15) is 4.39 Å². The second-order valence-electron chi connectivity index (χ2n) is 9.18. The molecule has 0 aliphatic heterocycles. The van der Waals surface area contributed by atoms with Gasteiger partial charge < -0.3 is 9.15 Å². The Morgan fingerprint density at radius 1 is 0.658 bits per heavy atom. The molecule has 0 fully saturated rings. The summed E-state index contributed by atoms with van der Waals surface area (Å²) in [7, 11) is 0. The predicted molar refractivity (Wildman–Crippen MR) is 139 cm³/mol. The molecular weight excluding hydrogens is 499 g/mol. The van der Waals surface area contributed by atoms with Gasteiger partial charge in [0.15, 0.2) is 23.2 Å². The zero-order valence-electron chi connectivity index (χ0n) is 20.9. The molecule has 0 amide bonds. The van der Waals surface area contributed by atoms with Gasteiger partial charge in [-0.25, -0.2) is 17.6 Å². The van der Waals surface area contributed by atoms with E-state index in [1.54, 1.807) is 37.3 Å². The molecular formula is C31H25F5O2. The first-order chi connectivity index (χ1) is 18.3. The number of halogens is 5. The van der Waals surface area contributed by atoms with Crippen molar-refractivity contribution in [1.29, 1.82) is 0 Å². The number of aryl methyl sites for hydroxylation is 1. The molecule has 0 aliphatic rings. The van der Waals surface area contributed by atoms with Crippen molar-refractivity contribution in [3.63, 3.8) is 0 Å². The summed E-state index contributed by atoms with van der Waals surface area (Å²) in [6.07, 6.45) is 3.98. The van der Waals surface area contributed by atoms with Gasteiger partial charge in [0.2, 0.25) is 5.82 Å². The van der Waals surface area contributed by atoms with Crippen LogP contribution in [0.4, 0.5) is 22.0 Å². The molecule has 0 bridgehead atoms. The smallest absolute Gasteiger partial charge is 0.201 e. The quantitative estimate of drug-likeness (QED) is 0.149. The Morgan fingerprint density at radius 2 is 1.29 bits per heavy atom. The average Bonchev–Trinajstić information content (AvgIpc) is 3.28. The molecule has 196 valence electrons. The molecule has 0 radical (unpaired) electrons. The summed E-state index contributed by atoms with van der Waals surface area (Å²) >= 11 is 0. The van der Waals surface area contributed by atoms with E-state index < -0.39 is 34.0 Å². The van der Waals surface area contributed by atoms with Gasteiger partial charge in [-0.05, 0) is 48.6 Å². The topological polar surface area (TPSA) is 22.4 Å². The van der Waals surface area contributed by atoms with Gasteiger partial charge in [0.1, 0.15) is 17.0 Å². The van der Waals surface area contributed by atoms with Crippen LogP contribution in [0, 0.1) is 29.1 Å². The normalized spacial score (nSPS) is 11.6. The highest BCUT2D eigenvalue weighted by Gasteiger charge is 2.25. The molecule has 5 aromatic rings. The molecule has 0 saturated carbocycles. The second kappa shape index (κ2) is 10.5. The minimum atomic E-state index is -1.38. The number of benzene rings is 4. The maximum atomic E-state index is 15.2. The van der Waals surface area contributed by atoms with E-state index >= 15 is 8.78 Å². The van der Waals surface area contributed by atoms with Gasteiger partial charge in [0.25, 0.3) is 0 Å². The number of unbranched alkanes of at least 4 members (excludes halogenated alkanes) is 2. The third-order valence-corrected chi connectivity index (χ3v) is 6.69. The molecule has 0 unspecified atom stereocenters. The van der Waals surface area contributed by atoms with Crippen LogP contribution in [0.3, 0.4) is 0 Å². The third-order valence-electron chi connectivity index (χ3n) is 6.69. The maximum Gasteiger partial charge on any atom is 0.201 e. The van der Waals surface area contributed by atoms with Gasteiger partial charge in [-0.15, -0.1) is 0 Å². The number of rotatable bonds is 8. The van der Waals surface area contributed by atoms with Crippen LogP contribution in [-0.2, 0) is 6.42 Å². The second-order valence-corrected chi connectivity index (χ2v) is 9.18. The lowest BCUT2D eigenvalue weighted by Crippen LogP contribution is -1.97. The molecule has 0 aliphatic carbocycles. The Kier molecular flexibility index (Phi) is 7.11. The van der Waals surface area contributed by atoms with Crippen LogP contribution in [0.25, 0.3) is 44.2 Å². The van der Waals surface area contributed by atoms with Crippen molar-refractivity contribution in [1.82, 2.24) is 0 Å². The summed E-state index contributed by atoms with van der Waals surface area (Å²) in [4.78, 5) is 0. The lowest BCUT2D eigenvalue weighted by atomic mass is 9.97. The van der Waals surface area contributed by atoms with Crippen LogP contribution >= 0.6 is 0 Å². The molecule has 5 rings (SSSR count). The summed E-state index contributed by atoms with van der Waals surface area (Å²) < 4.78 is 85.1. The molecule has 0 saturated heterocycles. The van der Waals surface area contributed by atoms with Crippen molar-refractivity contribution >= 4 is 21.9 Å². The molecule has 0 atom stereocenters. The molecule has 0 spiro atoms. The van der Waals surface area contributed by atoms with Crippen molar-refractivity contribution in [3.05, 3.63) is 89.2 Å². The zero-order valence-corrected chi connectivity index (χ0v) is 20.9. The Morgan fingerprint density at radius 3 is 1.92 bits per heavy atom. The first kappa shape index (κ1) is 25.8. The van der Waals surface area contributed by atoms with Gasteiger partial charge in [-0.1, -0.05) is 56.2 Å². The summed E-state index contributed by atoms with van der Waals surface area (Å²) in [5.41, 5.74) is 1.79. The summed E-state index contributed by atoms with van der Waals surface area (Å²) in [5.74, 6) is -6.00. The summed E-state index contributed by atoms with van der Waals surface area (Å²) in [6, 6.07) is 13.8. The summed E-state index contributed by atoms with van der Waals surface area (Å²) in [6.45, 7) is 3.80. The van der Waals surface area contributed by atoms with Gasteiger partial charge >= 0.3 is 0 Å². The largest absolute Gasteiger partial charge is 0.491 e.